The van der Waals surface area contributed by atoms with E-state index < -0.39 is 18.0 Å². The summed E-state index contributed by atoms with van der Waals surface area (Å²) in [4.78, 5) is 27.5. The molecule has 0 saturated carbocycles. The maximum atomic E-state index is 12.2. The molecule has 3 aromatic rings. The highest BCUT2D eigenvalue weighted by atomic mass is 35.5. The molecule has 0 spiro atoms. The van der Waals surface area contributed by atoms with Crippen molar-refractivity contribution in [1.82, 2.24) is 4.98 Å². The highest BCUT2D eigenvalue weighted by Gasteiger charge is 2.20. The average Bonchev–Trinajstić information content (AvgIpc) is 3.06. The lowest BCUT2D eigenvalue weighted by Crippen LogP contribution is -2.30. The van der Waals surface area contributed by atoms with Gasteiger partial charge in [-0.3, -0.25) is 4.79 Å². The number of benzene rings is 2. The predicted octanol–water partition coefficient (Wildman–Crippen LogP) is 4.01. The number of carbonyl (C=O) groups is 2. The van der Waals surface area contributed by atoms with Gasteiger partial charge in [0.25, 0.3) is 5.91 Å². The molecule has 6 nitrogen and oxygen atoms in total. The van der Waals surface area contributed by atoms with E-state index >= 15 is 0 Å². The number of nitrogens with one attached hydrogen (secondary N) is 2. The molecule has 0 fully saturated rings. The van der Waals surface area contributed by atoms with E-state index in [-0.39, 0.29) is 0 Å². The number of ether oxygens (including phenoxy) is 2. The van der Waals surface area contributed by atoms with Gasteiger partial charge >= 0.3 is 5.97 Å². The van der Waals surface area contributed by atoms with E-state index in [0.29, 0.717) is 22.2 Å². The Hall–Kier alpha value is -2.99. The third-order valence-electron chi connectivity index (χ3n) is 3.82. The Morgan fingerprint density at radius 2 is 1.92 bits per heavy atom. The zero-order valence-electron chi connectivity index (χ0n) is 14.2. The Morgan fingerprint density at radius 3 is 2.62 bits per heavy atom. The van der Waals surface area contributed by atoms with E-state index in [1.165, 1.54) is 14.0 Å². The molecule has 134 valence electrons. The monoisotopic (exact) mass is 372 g/mol. The van der Waals surface area contributed by atoms with E-state index in [4.69, 9.17) is 21.1 Å². The van der Waals surface area contributed by atoms with Crippen LogP contribution in [0.5, 0.6) is 5.75 Å². The van der Waals surface area contributed by atoms with Gasteiger partial charge in [0.2, 0.25) is 0 Å². The standard InChI is InChI=1S/C19H17ClN2O4/c1-11(18(23)21-13-7-8-17(25-2)14(20)10-13)26-19(24)16-9-12-5-3-4-6-15(12)22-16/h3-11,22H,1-2H3,(H,21,23)/t11-/m1/s1. The molecule has 7 heteroatoms. The fraction of sp³-hybridized carbons (Fsp3) is 0.158. The van der Waals surface area contributed by atoms with Crippen LogP contribution in [-0.4, -0.2) is 30.1 Å². The van der Waals surface area contributed by atoms with Crippen molar-refractivity contribution >= 4 is 40.1 Å². The van der Waals surface area contributed by atoms with Crippen LogP contribution in [-0.2, 0) is 9.53 Å². The Balaban J connectivity index is 1.64. The zero-order chi connectivity index (χ0) is 18.7. The van der Waals surface area contributed by atoms with Crippen molar-refractivity contribution in [3.8, 4) is 5.75 Å². The summed E-state index contributed by atoms with van der Waals surface area (Å²) in [6, 6.07) is 14.0. The number of halogens is 1. The minimum Gasteiger partial charge on any atom is -0.495 e. The number of fused-ring (bicyclic) bond motifs is 1. The number of amides is 1. The minimum atomic E-state index is -0.977. The molecule has 0 radical (unpaired) electrons. The second-order valence-electron chi connectivity index (χ2n) is 5.66. The van der Waals surface area contributed by atoms with Crippen molar-refractivity contribution in [2.75, 3.05) is 12.4 Å². The number of carbonyl (C=O) groups excluding carboxylic acids is 2. The molecule has 0 aliphatic rings. The van der Waals surface area contributed by atoms with Crippen molar-refractivity contribution in [2.45, 2.75) is 13.0 Å². The molecular weight excluding hydrogens is 356 g/mol. The van der Waals surface area contributed by atoms with Crippen molar-refractivity contribution in [2.24, 2.45) is 0 Å². The number of H-pyrrole nitrogens is 1. The van der Waals surface area contributed by atoms with Gasteiger partial charge in [-0.1, -0.05) is 29.8 Å². The maximum absolute atomic E-state index is 12.2. The summed E-state index contributed by atoms with van der Waals surface area (Å²) in [5.41, 5.74) is 1.59. The van der Waals surface area contributed by atoms with Crippen molar-refractivity contribution in [1.29, 1.82) is 0 Å². The van der Waals surface area contributed by atoms with Gasteiger partial charge in [-0.15, -0.1) is 0 Å². The molecule has 0 bridgehead atoms. The summed E-state index contributed by atoms with van der Waals surface area (Å²) < 4.78 is 10.3. The Labute approximate surface area is 155 Å². The van der Waals surface area contributed by atoms with Crippen LogP contribution in [0.4, 0.5) is 5.69 Å². The topological polar surface area (TPSA) is 80.4 Å². The van der Waals surface area contributed by atoms with Crippen molar-refractivity contribution < 1.29 is 19.1 Å². The van der Waals surface area contributed by atoms with Crippen molar-refractivity contribution in [3.05, 3.63) is 59.2 Å². The molecule has 1 heterocycles. The van der Waals surface area contributed by atoms with Gasteiger partial charge in [0.05, 0.1) is 12.1 Å². The number of methoxy groups -OCH3 is 1. The van der Waals surface area contributed by atoms with Gasteiger partial charge in [0.15, 0.2) is 6.10 Å². The summed E-state index contributed by atoms with van der Waals surface area (Å²) in [7, 11) is 1.50. The molecular formula is C19H17ClN2O4. The molecule has 1 atom stereocenters. The Morgan fingerprint density at radius 1 is 1.15 bits per heavy atom. The number of hydrogen-bond donors (Lipinski definition) is 2. The third-order valence-corrected chi connectivity index (χ3v) is 4.12. The molecule has 1 amide bonds. The molecule has 0 aliphatic heterocycles. The quantitative estimate of drug-likeness (QED) is 0.663. The van der Waals surface area contributed by atoms with Crippen LogP contribution in [0.1, 0.15) is 17.4 Å². The number of hydrogen-bond acceptors (Lipinski definition) is 4. The van der Waals surface area contributed by atoms with Crippen LogP contribution in [0.2, 0.25) is 5.02 Å². The van der Waals surface area contributed by atoms with Crippen LogP contribution >= 0.6 is 11.6 Å². The van der Waals surface area contributed by atoms with Crippen LogP contribution in [0, 0.1) is 0 Å². The summed E-state index contributed by atoms with van der Waals surface area (Å²) in [6.07, 6.45) is -0.977. The highest BCUT2D eigenvalue weighted by molar-refractivity contribution is 6.32. The minimum absolute atomic E-state index is 0.290. The summed E-state index contributed by atoms with van der Waals surface area (Å²) in [5, 5.41) is 3.91. The first kappa shape index (κ1) is 17.8. The smallest absolute Gasteiger partial charge is 0.355 e. The summed E-state index contributed by atoms with van der Waals surface area (Å²) >= 11 is 6.03. The SMILES string of the molecule is COc1ccc(NC(=O)[C@@H](C)OC(=O)c2cc3ccccc3[nH]2)cc1Cl. The van der Waals surface area contributed by atoms with Crippen LogP contribution in [0.15, 0.2) is 48.5 Å². The second-order valence-corrected chi connectivity index (χ2v) is 6.06. The van der Waals surface area contributed by atoms with Gasteiger partial charge in [-0.25, -0.2) is 4.79 Å². The molecule has 26 heavy (non-hydrogen) atoms. The van der Waals surface area contributed by atoms with E-state index in [1.807, 2.05) is 24.3 Å². The van der Waals surface area contributed by atoms with E-state index in [9.17, 15) is 9.59 Å². The molecule has 0 saturated heterocycles. The fourth-order valence-corrected chi connectivity index (χ4v) is 2.71. The first-order valence-electron chi connectivity index (χ1n) is 7.91. The summed E-state index contributed by atoms with van der Waals surface area (Å²) in [6.45, 7) is 1.50. The van der Waals surface area contributed by atoms with Gasteiger partial charge in [0.1, 0.15) is 11.4 Å². The zero-order valence-corrected chi connectivity index (χ0v) is 15.0. The molecule has 2 aromatic carbocycles. The van der Waals surface area contributed by atoms with E-state index in [2.05, 4.69) is 10.3 Å². The molecule has 1 aromatic heterocycles. The number of anilines is 1. The van der Waals surface area contributed by atoms with Crippen LogP contribution in [0.25, 0.3) is 10.9 Å². The second kappa shape index (κ2) is 7.49. The van der Waals surface area contributed by atoms with Crippen LogP contribution in [0.3, 0.4) is 0 Å². The van der Waals surface area contributed by atoms with Crippen molar-refractivity contribution in [3.63, 3.8) is 0 Å². The number of aromatic nitrogens is 1. The number of para-hydroxylation sites is 1. The molecule has 3 rings (SSSR count). The first-order chi connectivity index (χ1) is 12.5. The van der Waals surface area contributed by atoms with E-state index in [0.717, 1.165) is 10.9 Å². The number of esters is 1. The lowest BCUT2D eigenvalue weighted by Gasteiger charge is -2.13. The third kappa shape index (κ3) is 3.81. The number of aromatic amines is 1. The van der Waals surface area contributed by atoms with Gasteiger partial charge in [-0.05, 0) is 37.3 Å². The normalized spacial score (nSPS) is 11.8. The first-order valence-corrected chi connectivity index (χ1v) is 8.29. The van der Waals surface area contributed by atoms with Gasteiger partial charge in [-0.2, -0.15) is 0 Å². The molecule has 0 aliphatic carbocycles. The highest BCUT2D eigenvalue weighted by Crippen LogP contribution is 2.27. The largest absolute Gasteiger partial charge is 0.495 e. The predicted molar refractivity (Wildman–Crippen MR) is 99.8 cm³/mol. The molecule has 0 unspecified atom stereocenters. The average molecular weight is 373 g/mol. The molecule has 2 N–H and O–H groups in total. The van der Waals surface area contributed by atoms with E-state index in [1.54, 1.807) is 24.3 Å². The Bertz CT molecular complexity index is 934. The van der Waals surface area contributed by atoms with Crippen LogP contribution < -0.4 is 10.1 Å². The lowest BCUT2D eigenvalue weighted by atomic mass is 10.2. The lowest BCUT2D eigenvalue weighted by molar-refractivity contribution is -0.123. The maximum Gasteiger partial charge on any atom is 0.355 e. The van der Waals surface area contributed by atoms with Gasteiger partial charge in [0, 0.05) is 16.6 Å². The van der Waals surface area contributed by atoms with Gasteiger partial charge < -0.3 is 19.8 Å². The number of rotatable bonds is 5. The summed E-state index contributed by atoms with van der Waals surface area (Å²) in [5.74, 6) is -0.560. The Kier molecular flexibility index (Phi) is 5.14. The fourth-order valence-electron chi connectivity index (χ4n) is 2.45.